The van der Waals surface area contributed by atoms with Crippen LogP contribution in [-0.4, -0.2) is 34.4 Å². The summed E-state index contributed by atoms with van der Waals surface area (Å²) in [4.78, 5) is 0.0897. The van der Waals surface area contributed by atoms with Crippen LogP contribution in [0.25, 0.3) is 11.0 Å². The van der Waals surface area contributed by atoms with Crippen molar-refractivity contribution in [3.63, 3.8) is 0 Å². The molecular formula is C11H15N3O3S2. The second-order valence-corrected chi connectivity index (χ2v) is 6.75. The van der Waals surface area contributed by atoms with E-state index in [0.717, 1.165) is 11.7 Å². The fourth-order valence-corrected chi connectivity index (χ4v) is 3.83. The highest BCUT2D eigenvalue weighted by Crippen LogP contribution is 2.23. The summed E-state index contributed by atoms with van der Waals surface area (Å²) in [5, 5.41) is 9.32. The number of benzene rings is 1. The van der Waals surface area contributed by atoms with Crippen molar-refractivity contribution in [2.75, 3.05) is 6.61 Å². The van der Waals surface area contributed by atoms with Crippen molar-refractivity contribution < 1.29 is 13.5 Å². The molecule has 0 radical (unpaired) electrons. The molecule has 104 valence electrons. The molecule has 0 bridgehead atoms. The summed E-state index contributed by atoms with van der Waals surface area (Å²) >= 11 is 0.971. The first-order valence-electron chi connectivity index (χ1n) is 5.78. The van der Waals surface area contributed by atoms with Crippen molar-refractivity contribution in [2.45, 2.75) is 30.7 Å². The quantitative estimate of drug-likeness (QED) is 0.863. The van der Waals surface area contributed by atoms with Gasteiger partial charge in [0.05, 0.1) is 23.9 Å². The summed E-state index contributed by atoms with van der Waals surface area (Å²) in [7, 11) is -3.74. The number of sulfonamides is 1. The minimum absolute atomic E-state index is 0.0897. The van der Waals surface area contributed by atoms with Crippen LogP contribution >= 0.6 is 11.7 Å². The van der Waals surface area contributed by atoms with Crippen LogP contribution in [0.15, 0.2) is 23.1 Å². The number of nitrogens with one attached hydrogen (secondary N) is 1. The third-order valence-electron chi connectivity index (χ3n) is 3.05. The van der Waals surface area contributed by atoms with Gasteiger partial charge in [0.25, 0.3) is 0 Å². The molecule has 2 aromatic rings. The molecule has 0 saturated carbocycles. The molecule has 0 saturated heterocycles. The lowest BCUT2D eigenvalue weighted by molar-refractivity contribution is 0.191. The lowest BCUT2D eigenvalue weighted by Crippen LogP contribution is -2.48. The molecule has 0 fully saturated rings. The van der Waals surface area contributed by atoms with E-state index < -0.39 is 15.6 Å². The Morgan fingerprint density at radius 2 is 2.16 bits per heavy atom. The maximum absolute atomic E-state index is 12.4. The van der Waals surface area contributed by atoms with Crippen LogP contribution < -0.4 is 4.72 Å². The number of fused-ring (bicyclic) bond motifs is 1. The highest BCUT2D eigenvalue weighted by atomic mass is 32.2. The van der Waals surface area contributed by atoms with Gasteiger partial charge in [0.2, 0.25) is 10.0 Å². The summed E-state index contributed by atoms with van der Waals surface area (Å²) in [6, 6.07) is 4.82. The fraction of sp³-hybridized carbons (Fsp3) is 0.455. The molecule has 0 amide bonds. The highest BCUT2D eigenvalue weighted by molar-refractivity contribution is 7.89. The van der Waals surface area contributed by atoms with Crippen molar-refractivity contribution in [3.8, 4) is 0 Å². The Hall–Kier alpha value is -1.09. The summed E-state index contributed by atoms with van der Waals surface area (Å²) in [6.45, 7) is 3.20. The predicted molar refractivity (Wildman–Crippen MR) is 73.5 cm³/mol. The molecule has 1 aromatic heterocycles. The summed E-state index contributed by atoms with van der Waals surface area (Å²) in [5.41, 5.74) is 0.0243. The Morgan fingerprint density at radius 3 is 2.79 bits per heavy atom. The van der Waals surface area contributed by atoms with Gasteiger partial charge >= 0.3 is 0 Å². The third kappa shape index (κ3) is 2.76. The predicted octanol–water partition coefficient (Wildman–Crippen LogP) is 1.13. The van der Waals surface area contributed by atoms with Crippen LogP contribution in [0, 0.1) is 0 Å². The average Bonchev–Trinajstić information content (AvgIpc) is 2.85. The average molecular weight is 301 g/mol. The normalized spacial score (nSPS) is 15.5. The lowest BCUT2D eigenvalue weighted by atomic mass is 10.0. The zero-order valence-electron chi connectivity index (χ0n) is 10.6. The maximum Gasteiger partial charge on any atom is 0.243 e. The smallest absolute Gasteiger partial charge is 0.243 e. The highest BCUT2D eigenvalue weighted by Gasteiger charge is 2.30. The van der Waals surface area contributed by atoms with Crippen LogP contribution in [0.4, 0.5) is 0 Å². The summed E-state index contributed by atoms with van der Waals surface area (Å²) in [5.74, 6) is 0. The lowest BCUT2D eigenvalue weighted by Gasteiger charge is -2.26. The number of hydrogen-bond donors (Lipinski definition) is 2. The number of aliphatic hydroxyl groups is 1. The minimum atomic E-state index is -3.74. The van der Waals surface area contributed by atoms with Crippen molar-refractivity contribution in [2.24, 2.45) is 0 Å². The van der Waals surface area contributed by atoms with Crippen LogP contribution in [-0.2, 0) is 10.0 Å². The van der Waals surface area contributed by atoms with Gasteiger partial charge < -0.3 is 5.11 Å². The largest absolute Gasteiger partial charge is 0.394 e. The van der Waals surface area contributed by atoms with Crippen molar-refractivity contribution in [1.82, 2.24) is 13.5 Å². The van der Waals surface area contributed by atoms with E-state index in [2.05, 4.69) is 13.5 Å². The Labute approximate surface area is 115 Å². The molecule has 0 aliphatic rings. The van der Waals surface area contributed by atoms with Gasteiger partial charge in [-0.2, -0.15) is 8.75 Å². The van der Waals surface area contributed by atoms with Crippen LogP contribution in [0.2, 0.25) is 0 Å². The molecule has 1 unspecified atom stereocenters. The Bertz CT molecular complexity index is 677. The van der Waals surface area contributed by atoms with Crippen LogP contribution in [0.5, 0.6) is 0 Å². The van der Waals surface area contributed by atoms with E-state index in [1.165, 1.54) is 6.07 Å². The molecule has 8 heteroatoms. The van der Waals surface area contributed by atoms with Gasteiger partial charge in [-0.1, -0.05) is 13.0 Å². The molecule has 1 atom stereocenters. The third-order valence-corrected chi connectivity index (χ3v) is 5.26. The SMILES string of the molecule is CCC(C)(CO)NS(=O)(=O)c1cccc2nsnc12. The van der Waals surface area contributed by atoms with Crippen LogP contribution in [0.3, 0.4) is 0 Å². The van der Waals surface area contributed by atoms with E-state index >= 15 is 0 Å². The van der Waals surface area contributed by atoms with E-state index in [0.29, 0.717) is 17.5 Å². The Kier molecular flexibility index (Phi) is 3.86. The first-order chi connectivity index (χ1) is 8.92. The Morgan fingerprint density at radius 1 is 1.42 bits per heavy atom. The van der Waals surface area contributed by atoms with E-state index in [9.17, 15) is 13.5 Å². The van der Waals surface area contributed by atoms with Crippen molar-refractivity contribution in [3.05, 3.63) is 18.2 Å². The fourth-order valence-electron chi connectivity index (χ4n) is 1.59. The number of aromatic nitrogens is 2. The molecule has 0 spiro atoms. The van der Waals surface area contributed by atoms with Gasteiger partial charge in [0, 0.05) is 0 Å². The standard InChI is InChI=1S/C11H15N3O3S2/c1-3-11(2,7-15)14-19(16,17)9-6-4-5-8-10(9)13-18-12-8/h4-6,14-15H,3,7H2,1-2H3. The molecule has 0 aliphatic heterocycles. The number of aliphatic hydroxyl groups excluding tert-OH is 1. The van der Waals surface area contributed by atoms with Gasteiger partial charge in [-0.05, 0) is 25.5 Å². The monoisotopic (exact) mass is 301 g/mol. The number of rotatable bonds is 5. The number of hydrogen-bond acceptors (Lipinski definition) is 6. The van der Waals surface area contributed by atoms with E-state index in [-0.39, 0.29) is 11.5 Å². The van der Waals surface area contributed by atoms with E-state index in [1.54, 1.807) is 19.1 Å². The molecule has 19 heavy (non-hydrogen) atoms. The zero-order valence-corrected chi connectivity index (χ0v) is 12.3. The van der Waals surface area contributed by atoms with Gasteiger partial charge in [-0.25, -0.2) is 13.1 Å². The number of nitrogens with zero attached hydrogens (tertiary/aromatic N) is 2. The minimum Gasteiger partial charge on any atom is -0.394 e. The van der Waals surface area contributed by atoms with E-state index in [1.807, 2.05) is 6.92 Å². The second kappa shape index (κ2) is 5.12. The van der Waals surface area contributed by atoms with Crippen LogP contribution in [0.1, 0.15) is 20.3 Å². The summed E-state index contributed by atoms with van der Waals surface area (Å²) in [6.07, 6.45) is 0.480. The molecule has 0 aliphatic carbocycles. The molecule has 6 nitrogen and oxygen atoms in total. The van der Waals surface area contributed by atoms with Gasteiger partial charge in [-0.3, -0.25) is 0 Å². The first-order valence-corrected chi connectivity index (χ1v) is 7.99. The van der Waals surface area contributed by atoms with Gasteiger partial charge in [-0.15, -0.1) is 0 Å². The second-order valence-electron chi connectivity index (χ2n) is 4.57. The molecule has 1 aromatic carbocycles. The van der Waals surface area contributed by atoms with Gasteiger partial charge in [0.15, 0.2) is 0 Å². The van der Waals surface area contributed by atoms with E-state index in [4.69, 9.17) is 0 Å². The zero-order chi connectivity index (χ0) is 14.1. The molecule has 1 heterocycles. The molecule has 2 rings (SSSR count). The van der Waals surface area contributed by atoms with Gasteiger partial charge in [0.1, 0.15) is 15.9 Å². The van der Waals surface area contributed by atoms with Crippen molar-refractivity contribution >= 4 is 32.8 Å². The topological polar surface area (TPSA) is 92.2 Å². The maximum atomic E-state index is 12.4. The molecule has 2 N–H and O–H groups in total. The van der Waals surface area contributed by atoms with Crippen molar-refractivity contribution in [1.29, 1.82) is 0 Å². The molecular weight excluding hydrogens is 286 g/mol. The first kappa shape index (κ1) is 14.3. The Balaban J connectivity index is 2.48. The summed E-state index contributed by atoms with van der Waals surface area (Å²) < 4.78 is 35.3.